The highest BCUT2D eigenvalue weighted by molar-refractivity contribution is 7.99. The number of hydrogen-bond acceptors (Lipinski definition) is 4. The lowest BCUT2D eigenvalue weighted by molar-refractivity contribution is -0.140. The molecule has 1 rings (SSSR count). The molecule has 82 valence electrons. The van der Waals surface area contributed by atoms with Gasteiger partial charge in [0.15, 0.2) is 0 Å². The molecule has 1 aliphatic heterocycles. The van der Waals surface area contributed by atoms with Gasteiger partial charge in [-0.15, -0.1) is 0 Å². The molecule has 0 spiro atoms. The highest BCUT2D eigenvalue weighted by atomic mass is 32.2. The maximum atomic E-state index is 11.5. The quantitative estimate of drug-likeness (QED) is 0.740. The third-order valence-electron chi connectivity index (χ3n) is 2.09. The SMILES string of the molecule is CCS(=O)(=O)N1CCSCC1C(=O)O. The molecule has 0 bridgehead atoms. The predicted octanol–water partition coefficient (Wildman–Crippen LogP) is -0.162. The van der Waals surface area contributed by atoms with Crippen molar-refractivity contribution in [1.29, 1.82) is 0 Å². The van der Waals surface area contributed by atoms with Crippen LogP contribution < -0.4 is 0 Å². The molecule has 1 heterocycles. The smallest absolute Gasteiger partial charge is 0.322 e. The van der Waals surface area contributed by atoms with Gasteiger partial charge in [0.25, 0.3) is 0 Å². The van der Waals surface area contributed by atoms with Crippen molar-refractivity contribution in [3.63, 3.8) is 0 Å². The van der Waals surface area contributed by atoms with E-state index >= 15 is 0 Å². The second-order valence-corrected chi connectivity index (χ2v) is 6.30. The summed E-state index contributed by atoms with van der Waals surface area (Å²) in [6.07, 6.45) is 0. The van der Waals surface area contributed by atoms with Gasteiger partial charge in [-0.25, -0.2) is 8.42 Å². The molecule has 1 unspecified atom stereocenters. The number of carbonyl (C=O) groups is 1. The lowest BCUT2D eigenvalue weighted by Crippen LogP contribution is -2.50. The first-order valence-corrected chi connectivity index (χ1v) is 7.05. The van der Waals surface area contributed by atoms with Crippen LogP contribution in [0.15, 0.2) is 0 Å². The van der Waals surface area contributed by atoms with Crippen molar-refractivity contribution in [1.82, 2.24) is 4.31 Å². The van der Waals surface area contributed by atoms with Crippen LogP contribution in [0.25, 0.3) is 0 Å². The van der Waals surface area contributed by atoms with Crippen LogP contribution in [0.4, 0.5) is 0 Å². The minimum Gasteiger partial charge on any atom is -0.480 e. The second kappa shape index (κ2) is 4.50. The molecular weight excluding hydrogens is 226 g/mol. The van der Waals surface area contributed by atoms with Crippen molar-refractivity contribution in [2.24, 2.45) is 0 Å². The molecular formula is C7H13NO4S2. The van der Waals surface area contributed by atoms with Gasteiger partial charge in [0, 0.05) is 18.1 Å². The maximum Gasteiger partial charge on any atom is 0.322 e. The molecule has 1 N–H and O–H groups in total. The van der Waals surface area contributed by atoms with Gasteiger partial charge in [0.2, 0.25) is 10.0 Å². The van der Waals surface area contributed by atoms with E-state index in [4.69, 9.17) is 5.11 Å². The number of rotatable bonds is 3. The van der Waals surface area contributed by atoms with Gasteiger partial charge in [-0.2, -0.15) is 16.1 Å². The number of carboxylic acids is 1. The Morgan fingerprint density at radius 3 is 2.79 bits per heavy atom. The summed E-state index contributed by atoms with van der Waals surface area (Å²) in [7, 11) is -3.38. The molecule has 5 nitrogen and oxygen atoms in total. The summed E-state index contributed by atoms with van der Waals surface area (Å²) >= 11 is 1.47. The molecule has 0 aliphatic carbocycles. The van der Waals surface area contributed by atoms with Crippen LogP contribution in [-0.4, -0.2) is 53.6 Å². The topological polar surface area (TPSA) is 74.7 Å². The normalized spacial score (nSPS) is 24.8. The minimum absolute atomic E-state index is 0.0402. The molecule has 0 aromatic rings. The fourth-order valence-electron chi connectivity index (χ4n) is 1.28. The van der Waals surface area contributed by atoms with Gasteiger partial charge < -0.3 is 5.11 Å². The molecule has 0 saturated carbocycles. The zero-order chi connectivity index (χ0) is 10.8. The third-order valence-corrected chi connectivity index (χ3v) is 4.99. The van der Waals surface area contributed by atoms with Crippen LogP contribution >= 0.6 is 11.8 Å². The molecule has 1 aliphatic rings. The Morgan fingerprint density at radius 1 is 1.64 bits per heavy atom. The second-order valence-electron chi connectivity index (χ2n) is 2.94. The van der Waals surface area contributed by atoms with Gasteiger partial charge in [0.1, 0.15) is 6.04 Å². The molecule has 0 amide bonds. The molecule has 14 heavy (non-hydrogen) atoms. The Labute approximate surface area is 87.5 Å². The summed E-state index contributed by atoms with van der Waals surface area (Å²) in [6, 6.07) is -0.890. The van der Waals surface area contributed by atoms with E-state index in [9.17, 15) is 13.2 Å². The number of thioether (sulfide) groups is 1. The van der Waals surface area contributed by atoms with Crippen molar-refractivity contribution in [2.75, 3.05) is 23.8 Å². The van der Waals surface area contributed by atoms with Gasteiger partial charge in [-0.1, -0.05) is 0 Å². The fraction of sp³-hybridized carbons (Fsp3) is 0.857. The van der Waals surface area contributed by atoms with E-state index in [0.717, 1.165) is 4.31 Å². The Kier molecular flexibility index (Phi) is 3.79. The number of aliphatic carboxylic acids is 1. The number of nitrogens with zero attached hydrogens (tertiary/aromatic N) is 1. The van der Waals surface area contributed by atoms with E-state index in [1.54, 1.807) is 0 Å². The van der Waals surface area contributed by atoms with E-state index in [2.05, 4.69) is 0 Å². The van der Waals surface area contributed by atoms with Crippen LogP contribution in [0.3, 0.4) is 0 Å². The van der Waals surface area contributed by atoms with E-state index in [1.165, 1.54) is 18.7 Å². The van der Waals surface area contributed by atoms with E-state index in [1.807, 2.05) is 0 Å². The number of carboxylic acid groups (broad SMARTS) is 1. The van der Waals surface area contributed by atoms with Crippen molar-refractivity contribution in [3.05, 3.63) is 0 Å². The molecule has 0 aromatic carbocycles. The lowest BCUT2D eigenvalue weighted by atomic mass is 10.3. The van der Waals surface area contributed by atoms with Crippen LogP contribution in [0.5, 0.6) is 0 Å². The van der Waals surface area contributed by atoms with Crippen LogP contribution in [0, 0.1) is 0 Å². The molecule has 1 atom stereocenters. The minimum atomic E-state index is -3.38. The summed E-state index contributed by atoms with van der Waals surface area (Å²) in [5.74, 6) is -0.0897. The Bertz CT molecular complexity index is 314. The lowest BCUT2D eigenvalue weighted by Gasteiger charge is -2.31. The summed E-state index contributed by atoms with van der Waals surface area (Å²) in [6.45, 7) is 1.83. The number of sulfonamides is 1. The summed E-state index contributed by atoms with van der Waals surface area (Å²) in [5, 5.41) is 8.85. The Hall–Kier alpha value is -0.270. The average Bonchev–Trinajstić information content (AvgIpc) is 2.18. The van der Waals surface area contributed by atoms with E-state index in [-0.39, 0.29) is 5.75 Å². The van der Waals surface area contributed by atoms with E-state index in [0.29, 0.717) is 18.1 Å². The monoisotopic (exact) mass is 239 g/mol. The van der Waals surface area contributed by atoms with Crippen LogP contribution in [0.2, 0.25) is 0 Å². The highest BCUT2D eigenvalue weighted by Gasteiger charge is 2.35. The van der Waals surface area contributed by atoms with Crippen molar-refractivity contribution in [3.8, 4) is 0 Å². The van der Waals surface area contributed by atoms with E-state index < -0.39 is 22.0 Å². The van der Waals surface area contributed by atoms with Crippen molar-refractivity contribution < 1.29 is 18.3 Å². The van der Waals surface area contributed by atoms with Crippen LogP contribution in [0.1, 0.15) is 6.92 Å². The Morgan fingerprint density at radius 2 is 2.29 bits per heavy atom. The highest BCUT2D eigenvalue weighted by Crippen LogP contribution is 2.20. The van der Waals surface area contributed by atoms with Crippen molar-refractivity contribution in [2.45, 2.75) is 13.0 Å². The van der Waals surface area contributed by atoms with Crippen LogP contribution in [-0.2, 0) is 14.8 Å². The molecule has 0 aromatic heterocycles. The van der Waals surface area contributed by atoms with Gasteiger partial charge in [0.05, 0.1) is 5.75 Å². The van der Waals surface area contributed by atoms with Gasteiger partial charge in [-0.3, -0.25) is 4.79 Å². The third kappa shape index (κ3) is 2.40. The average molecular weight is 239 g/mol. The largest absolute Gasteiger partial charge is 0.480 e. The molecule has 7 heteroatoms. The molecule has 1 fully saturated rings. The van der Waals surface area contributed by atoms with Crippen molar-refractivity contribution >= 4 is 27.8 Å². The maximum absolute atomic E-state index is 11.5. The summed E-state index contributed by atoms with van der Waals surface area (Å²) < 4.78 is 24.1. The number of hydrogen-bond donors (Lipinski definition) is 1. The first kappa shape index (κ1) is 11.8. The predicted molar refractivity (Wildman–Crippen MR) is 54.9 cm³/mol. The summed E-state index contributed by atoms with van der Waals surface area (Å²) in [4.78, 5) is 10.8. The summed E-state index contributed by atoms with van der Waals surface area (Å²) in [5.41, 5.74) is 0. The Balaban J connectivity index is 2.88. The van der Waals surface area contributed by atoms with Gasteiger partial charge in [-0.05, 0) is 6.92 Å². The van der Waals surface area contributed by atoms with Gasteiger partial charge >= 0.3 is 5.97 Å². The zero-order valence-corrected chi connectivity index (χ0v) is 9.47. The molecule has 1 saturated heterocycles. The first-order valence-electron chi connectivity index (χ1n) is 4.29. The standard InChI is InChI=1S/C7H13NO4S2/c1-2-14(11,12)8-3-4-13-5-6(8)7(9)10/h6H,2-5H2,1H3,(H,9,10). The first-order chi connectivity index (χ1) is 6.49. The fourth-order valence-corrected chi connectivity index (χ4v) is 3.78. The zero-order valence-electron chi connectivity index (χ0n) is 7.84. The molecule has 0 radical (unpaired) electrons.